The summed E-state index contributed by atoms with van der Waals surface area (Å²) < 4.78 is 10.8. The lowest BCUT2D eigenvalue weighted by atomic mass is 9.94. The van der Waals surface area contributed by atoms with Crippen molar-refractivity contribution in [1.29, 1.82) is 0 Å². The number of amides is 2. The maximum absolute atomic E-state index is 14.0. The van der Waals surface area contributed by atoms with Gasteiger partial charge in [-0.05, 0) is 65.1 Å². The van der Waals surface area contributed by atoms with Gasteiger partial charge in [-0.3, -0.25) is 14.4 Å². The van der Waals surface area contributed by atoms with Gasteiger partial charge in [0.2, 0.25) is 0 Å². The quantitative estimate of drug-likeness (QED) is 0.192. The number of carbonyl (C=O) groups excluding carboxylic acids is 2. The molecular weight excluding hydrogens is 568 g/mol. The molecule has 0 saturated carbocycles. The molecule has 0 aliphatic rings. The molecule has 0 fully saturated rings. The van der Waals surface area contributed by atoms with Gasteiger partial charge < -0.3 is 24.8 Å². The molecule has 4 aromatic rings. The molecule has 8 nitrogen and oxygen atoms in total. The van der Waals surface area contributed by atoms with E-state index in [0.717, 1.165) is 11.1 Å². The molecule has 2 amide bonds. The largest absolute Gasteiger partial charge is 0.497 e. The van der Waals surface area contributed by atoms with Crippen molar-refractivity contribution in [3.05, 3.63) is 118 Å². The first-order valence-electron chi connectivity index (χ1n) is 13.7. The normalized spacial score (nSPS) is 10.6. The monoisotopic (exact) mass is 600 g/mol. The number of methoxy groups -OCH3 is 2. The number of carboxylic acid groups (broad SMARTS) is 1. The third-order valence-electron chi connectivity index (χ3n) is 7.04. The van der Waals surface area contributed by atoms with Crippen LogP contribution in [0.2, 0.25) is 5.02 Å². The number of benzene rings is 4. The number of hydrogen-bond acceptors (Lipinski definition) is 5. The predicted octanol–water partition coefficient (Wildman–Crippen LogP) is 6.11. The zero-order valence-electron chi connectivity index (χ0n) is 24.0. The number of hydrogen-bond donors (Lipinski definition) is 2. The molecule has 222 valence electrons. The zero-order chi connectivity index (χ0) is 30.8. The Kier molecular flexibility index (Phi) is 10.8. The average Bonchev–Trinajstić information content (AvgIpc) is 3.03. The second kappa shape index (κ2) is 14.9. The Labute approximate surface area is 255 Å². The van der Waals surface area contributed by atoms with Crippen LogP contribution >= 0.6 is 11.6 Å². The van der Waals surface area contributed by atoms with E-state index < -0.39 is 5.97 Å². The van der Waals surface area contributed by atoms with Crippen molar-refractivity contribution in [2.45, 2.75) is 19.4 Å². The molecule has 0 unspecified atom stereocenters. The van der Waals surface area contributed by atoms with Gasteiger partial charge in [0.05, 0.1) is 20.6 Å². The fourth-order valence-electron chi connectivity index (χ4n) is 4.78. The van der Waals surface area contributed by atoms with Crippen molar-refractivity contribution in [2.24, 2.45) is 0 Å². The highest BCUT2D eigenvalue weighted by atomic mass is 35.5. The Morgan fingerprint density at radius 1 is 0.791 bits per heavy atom. The number of rotatable bonds is 13. The first kappa shape index (κ1) is 31.1. The first-order chi connectivity index (χ1) is 20.8. The van der Waals surface area contributed by atoms with Crippen molar-refractivity contribution >= 4 is 29.4 Å². The van der Waals surface area contributed by atoms with Crippen LogP contribution in [0, 0.1) is 0 Å². The summed E-state index contributed by atoms with van der Waals surface area (Å²) in [6.45, 7) is 0.489. The number of carbonyl (C=O) groups is 3. The Morgan fingerprint density at radius 3 is 2.12 bits per heavy atom. The lowest BCUT2D eigenvalue weighted by Gasteiger charge is -2.24. The van der Waals surface area contributed by atoms with E-state index in [1.165, 1.54) is 4.90 Å². The van der Waals surface area contributed by atoms with Gasteiger partial charge >= 0.3 is 5.97 Å². The molecular formula is C34H33ClN2O6. The van der Waals surface area contributed by atoms with E-state index in [1.807, 2.05) is 24.3 Å². The van der Waals surface area contributed by atoms with Crippen LogP contribution in [-0.4, -0.2) is 55.1 Å². The lowest BCUT2D eigenvalue weighted by Crippen LogP contribution is -2.35. The van der Waals surface area contributed by atoms with E-state index in [2.05, 4.69) is 5.32 Å². The van der Waals surface area contributed by atoms with E-state index in [0.29, 0.717) is 45.2 Å². The minimum Gasteiger partial charge on any atom is -0.497 e. The Hall–Kier alpha value is -4.82. The molecule has 0 radical (unpaired) electrons. The molecule has 0 spiro atoms. The summed E-state index contributed by atoms with van der Waals surface area (Å²) in [6.07, 6.45) is 0.194. The summed E-state index contributed by atoms with van der Waals surface area (Å²) in [7, 11) is 3.14. The van der Waals surface area contributed by atoms with Gasteiger partial charge in [-0.2, -0.15) is 0 Å². The molecule has 0 atom stereocenters. The molecule has 0 heterocycles. The molecule has 2 N–H and O–H groups in total. The number of aliphatic carboxylic acids is 1. The number of ether oxygens (including phenoxy) is 2. The van der Waals surface area contributed by atoms with Crippen LogP contribution in [0.4, 0.5) is 0 Å². The minimum atomic E-state index is -1.01. The smallest absolute Gasteiger partial charge is 0.305 e. The van der Waals surface area contributed by atoms with Gasteiger partial charge in [-0.1, -0.05) is 66.2 Å². The van der Waals surface area contributed by atoms with Crippen molar-refractivity contribution in [3.8, 4) is 22.6 Å². The summed E-state index contributed by atoms with van der Waals surface area (Å²) in [5, 5.41) is 12.9. The van der Waals surface area contributed by atoms with Crippen LogP contribution in [0.25, 0.3) is 11.1 Å². The average molecular weight is 601 g/mol. The number of halogens is 1. The zero-order valence-corrected chi connectivity index (χ0v) is 24.8. The topological polar surface area (TPSA) is 105 Å². The van der Waals surface area contributed by atoms with E-state index in [9.17, 15) is 19.5 Å². The van der Waals surface area contributed by atoms with Crippen LogP contribution in [0.3, 0.4) is 0 Å². The van der Waals surface area contributed by atoms with Crippen LogP contribution in [0.15, 0.2) is 91.0 Å². The molecule has 0 bridgehead atoms. The molecule has 4 rings (SSSR count). The van der Waals surface area contributed by atoms with Crippen LogP contribution in [0.5, 0.6) is 11.5 Å². The number of nitrogens with one attached hydrogen (secondary N) is 1. The van der Waals surface area contributed by atoms with Gasteiger partial charge in [0.25, 0.3) is 11.8 Å². The minimum absolute atomic E-state index is 0.00868. The molecule has 0 aliphatic carbocycles. The van der Waals surface area contributed by atoms with Crippen LogP contribution in [-0.2, 0) is 17.8 Å². The molecule has 43 heavy (non-hydrogen) atoms. The molecule has 9 heteroatoms. The van der Waals surface area contributed by atoms with Crippen molar-refractivity contribution in [1.82, 2.24) is 10.2 Å². The summed E-state index contributed by atoms with van der Waals surface area (Å²) in [5.74, 6) is -0.376. The Morgan fingerprint density at radius 2 is 1.44 bits per heavy atom. The number of carboxylic acids is 1. The van der Waals surface area contributed by atoms with Gasteiger partial charge in [0.15, 0.2) is 0 Å². The van der Waals surface area contributed by atoms with E-state index in [1.54, 1.807) is 80.9 Å². The van der Waals surface area contributed by atoms with Crippen molar-refractivity contribution < 1.29 is 29.0 Å². The number of nitrogens with zero attached hydrogens (tertiary/aromatic N) is 1. The lowest BCUT2D eigenvalue weighted by molar-refractivity contribution is -0.137. The maximum Gasteiger partial charge on any atom is 0.305 e. The van der Waals surface area contributed by atoms with E-state index in [-0.39, 0.29) is 37.9 Å². The Bertz CT molecular complexity index is 1610. The first-order valence-corrected chi connectivity index (χ1v) is 14.1. The standard InChI is InChI=1S/C34H33ClN2O6/c1-42-25-15-16-31(43-2)23(21-25)17-19-37(20-18-32(38)39)34(41)29-13-7-5-11-27(29)26-10-4-6-12-28(26)33(40)36-22-24-9-3-8-14-30(24)35/h3-16,21H,17-20,22H2,1-2H3,(H,36,40)(H,38,39). The van der Waals surface area contributed by atoms with E-state index in [4.69, 9.17) is 21.1 Å². The van der Waals surface area contributed by atoms with Gasteiger partial charge in [-0.25, -0.2) is 0 Å². The van der Waals surface area contributed by atoms with Crippen molar-refractivity contribution in [2.75, 3.05) is 27.3 Å². The van der Waals surface area contributed by atoms with E-state index >= 15 is 0 Å². The second-order valence-electron chi connectivity index (χ2n) is 9.73. The maximum atomic E-state index is 14.0. The summed E-state index contributed by atoms with van der Waals surface area (Å²) in [5.41, 5.74) is 3.51. The highest BCUT2D eigenvalue weighted by Crippen LogP contribution is 2.29. The molecule has 0 saturated heterocycles. The Balaban J connectivity index is 1.63. The third kappa shape index (κ3) is 7.93. The molecule has 0 aromatic heterocycles. The van der Waals surface area contributed by atoms with Gasteiger partial charge in [0, 0.05) is 35.8 Å². The van der Waals surface area contributed by atoms with Gasteiger partial charge in [-0.15, -0.1) is 0 Å². The third-order valence-corrected chi connectivity index (χ3v) is 7.41. The van der Waals surface area contributed by atoms with Crippen LogP contribution in [0.1, 0.15) is 38.3 Å². The summed E-state index contributed by atoms with van der Waals surface area (Å²) >= 11 is 6.26. The second-order valence-corrected chi connectivity index (χ2v) is 10.1. The summed E-state index contributed by atoms with van der Waals surface area (Å²) in [6, 6.07) is 26.8. The summed E-state index contributed by atoms with van der Waals surface area (Å²) in [4.78, 5) is 40.4. The fraction of sp³-hybridized carbons (Fsp3) is 0.206. The highest BCUT2D eigenvalue weighted by molar-refractivity contribution is 6.31. The molecule has 4 aromatic carbocycles. The molecule has 0 aliphatic heterocycles. The highest BCUT2D eigenvalue weighted by Gasteiger charge is 2.23. The SMILES string of the molecule is COc1ccc(OC)c(CCN(CCC(=O)O)C(=O)c2ccccc2-c2ccccc2C(=O)NCc2ccccc2Cl)c1. The van der Waals surface area contributed by atoms with Crippen molar-refractivity contribution in [3.63, 3.8) is 0 Å². The predicted molar refractivity (Wildman–Crippen MR) is 166 cm³/mol. The van der Waals surface area contributed by atoms with Gasteiger partial charge in [0.1, 0.15) is 11.5 Å². The fourth-order valence-corrected chi connectivity index (χ4v) is 4.98. The van der Waals surface area contributed by atoms with Crippen LogP contribution < -0.4 is 14.8 Å².